The molecule has 0 saturated heterocycles. The molecule has 3 N–H and O–H groups in total. The minimum atomic E-state index is -4.11. The van der Waals surface area contributed by atoms with E-state index >= 15 is 0 Å². The standard InChI is InChI=1S/C12H16BrFN2O3S/c1-3-7(2)6-16-12(17)8-4-9(14)11(13)10(5-8)20(15,18)19/h4-5,7H,3,6H2,1-2H3,(H,16,17)(H2,15,18,19). The van der Waals surface area contributed by atoms with Crippen LogP contribution in [0.15, 0.2) is 21.5 Å². The molecule has 0 saturated carbocycles. The van der Waals surface area contributed by atoms with Gasteiger partial charge in [-0.05, 0) is 34.0 Å². The number of halogens is 2. The molecule has 0 spiro atoms. The predicted molar refractivity (Wildman–Crippen MR) is 77.3 cm³/mol. The highest BCUT2D eigenvalue weighted by Crippen LogP contribution is 2.25. The summed E-state index contributed by atoms with van der Waals surface area (Å²) in [4.78, 5) is 11.4. The van der Waals surface area contributed by atoms with Crippen molar-refractivity contribution in [3.63, 3.8) is 0 Å². The first-order valence-electron chi connectivity index (χ1n) is 5.96. The van der Waals surface area contributed by atoms with Gasteiger partial charge in [-0.15, -0.1) is 0 Å². The van der Waals surface area contributed by atoms with Gasteiger partial charge in [0, 0.05) is 12.1 Å². The fourth-order valence-corrected chi connectivity index (χ4v) is 2.96. The van der Waals surface area contributed by atoms with Crippen molar-refractivity contribution in [3.8, 4) is 0 Å². The van der Waals surface area contributed by atoms with Gasteiger partial charge >= 0.3 is 0 Å². The van der Waals surface area contributed by atoms with E-state index in [-0.39, 0.29) is 16.0 Å². The van der Waals surface area contributed by atoms with Crippen molar-refractivity contribution in [2.75, 3.05) is 6.54 Å². The number of carbonyl (C=O) groups is 1. The van der Waals surface area contributed by atoms with Crippen LogP contribution in [0.1, 0.15) is 30.6 Å². The molecule has 1 aromatic rings. The van der Waals surface area contributed by atoms with Crippen molar-refractivity contribution in [2.45, 2.75) is 25.2 Å². The van der Waals surface area contributed by atoms with Crippen LogP contribution in [0.25, 0.3) is 0 Å². The second-order valence-electron chi connectivity index (χ2n) is 4.54. The molecule has 8 heteroatoms. The Hall–Kier alpha value is -0.990. The predicted octanol–water partition coefficient (Wildman–Crippen LogP) is 2.01. The zero-order valence-corrected chi connectivity index (χ0v) is 13.5. The summed E-state index contributed by atoms with van der Waals surface area (Å²) < 4.78 is 36.1. The fourth-order valence-electron chi connectivity index (χ4n) is 1.42. The summed E-state index contributed by atoms with van der Waals surface area (Å²) in [5.74, 6) is -1.12. The first-order valence-corrected chi connectivity index (χ1v) is 8.30. The quantitative estimate of drug-likeness (QED) is 0.834. The third-order valence-corrected chi connectivity index (χ3v) is 4.87. The number of nitrogens with two attached hydrogens (primary N) is 1. The lowest BCUT2D eigenvalue weighted by Crippen LogP contribution is -2.28. The number of hydrogen-bond donors (Lipinski definition) is 2. The minimum Gasteiger partial charge on any atom is -0.352 e. The van der Waals surface area contributed by atoms with Crippen LogP contribution in [-0.4, -0.2) is 20.9 Å². The van der Waals surface area contributed by atoms with E-state index in [1.165, 1.54) is 0 Å². The highest BCUT2D eigenvalue weighted by atomic mass is 79.9. The molecule has 0 aliphatic carbocycles. The molecule has 0 heterocycles. The summed E-state index contributed by atoms with van der Waals surface area (Å²) in [5, 5.41) is 7.60. The Morgan fingerprint density at radius 2 is 2.10 bits per heavy atom. The molecule has 0 bridgehead atoms. The van der Waals surface area contributed by atoms with Crippen molar-refractivity contribution in [3.05, 3.63) is 28.0 Å². The van der Waals surface area contributed by atoms with Crippen molar-refractivity contribution < 1.29 is 17.6 Å². The molecule has 1 atom stereocenters. The number of sulfonamides is 1. The second-order valence-corrected chi connectivity index (χ2v) is 6.86. The number of benzene rings is 1. The average Bonchev–Trinajstić information content (AvgIpc) is 2.36. The van der Waals surface area contributed by atoms with Crippen LogP contribution in [0.2, 0.25) is 0 Å². The maximum Gasteiger partial charge on any atom is 0.251 e. The van der Waals surface area contributed by atoms with Crippen molar-refractivity contribution in [1.29, 1.82) is 0 Å². The Kier molecular flexibility index (Phi) is 5.67. The molecule has 0 aliphatic rings. The fraction of sp³-hybridized carbons (Fsp3) is 0.417. The zero-order valence-electron chi connectivity index (χ0n) is 11.1. The van der Waals surface area contributed by atoms with E-state index in [1.54, 1.807) is 0 Å². The summed E-state index contributed by atoms with van der Waals surface area (Å²) >= 11 is 2.81. The number of hydrogen-bond acceptors (Lipinski definition) is 3. The van der Waals surface area contributed by atoms with E-state index in [0.29, 0.717) is 6.54 Å². The summed E-state index contributed by atoms with van der Waals surface area (Å²) in [6.45, 7) is 4.37. The molecule has 1 aromatic carbocycles. The molecule has 1 rings (SSSR count). The van der Waals surface area contributed by atoms with Gasteiger partial charge < -0.3 is 5.32 Å². The maximum absolute atomic E-state index is 13.6. The maximum atomic E-state index is 13.6. The van der Waals surface area contributed by atoms with Gasteiger partial charge in [0.2, 0.25) is 10.0 Å². The molecule has 5 nitrogen and oxygen atoms in total. The largest absolute Gasteiger partial charge is 0.352 e. The molecule has 1 amide bonds. The van der Waals surface area contributed by atoms with Gasteiger partial charge in [0.25, 0.3) is 5.91 Å². The van der Waals surface area contributed by atoms with Gasteiger partial charge in [0.05, 0.1) is 9.37 Å². The Bertz CT molecular complexity index is 619. The van der Waals surface area contributed by atoms with Gasteiger partial charge in [-0.2, -0.15) is 0 Å². The van der Waals surface area contributed by atoms with Crippen LogP contribution < -0.4 is 10.5 Å². The first kappa shape index (κ1) is 17.1. The zero-order chi connectivity index (χ0) is 15.5. The number of nitrogens with one attached hydrogen (secondary N) is 1. The van der Waals surface area contributed by atoms with E-state index in [1.807, 2.05) is 13.8 Å². The smallest absolute Gasteiger partial charge is 0.251 e. The molecular weight excluding hydrogens is 351 g/mol. The van der Waals surface area contributed by atoms with Crippen LogP contribution in [-0.2, 0) is 10.0 Å². The first-order chi connectivity index (χ1) is 9.16. The van der Waals surface area contributed by atoms with Crippen molar-refractivity contribution >= 4 is 31.9 Å². The Morgan fingerprint density at radius 3 is 2.60 bits per heavy atom. The lowest BCUT2D eigenvalue weighted by atomic mass is 10.1. The third kappa shape index (κ3) is 4.26. The van der Waals surface area contributed by atoms with Crippen molar-refractivity contribution in [2.24, 2.45) is 11.1 Å². The molecule has 0 radical (unpaired) electrons. The lowest BCUT2D eigenvalue weighted by molar-refractivity contribution is 0.0947. The van der Waals surface area contributed by atoms with Crippen LogP contribution >= 0.6 is 15.9 Å². The number of carbonyl (C=O) groups excluding carboxylic acids is 1. The molecule has 0 aromatic heterocycles. The van der Waals surface area contributed by atoms with Crippen molar-refractivity contribution in [1.82, 2.24) is 5.32 Å². The third-order valence-electron chi connectivity index (χ3n) is 2.87. The molecule has 0 aliphatic heterocycles. The summed E-state index contributed by atoms with van der Waals surface area (Å²) in [5.41, 5.74) is -0.0852. The van der Waals surface area contributed by atoms with E-state index in [0.717, 1.165) is 18.6 Å². The van der Waals surface area contributed by atoms with Gasteiger partial charge in [-0.1, -0.05) is 20.3 Å². The SMILES string of the molecule is CCC(C)CNC(=O)c1cc(F)c(Br)c(S(N)(=O)=O)c1. The summed E-state index contributed by atoms with van der Waals surface area (Å²) in [6, 6.07) is 2.01. The molecule has 20 heavy (non-hydrogen) atoms. The highest BCUT2D eigenvalue weighted by Gasteiger charge is 2.20. The Balaban J connectivity index is 3.09. The molecule has 0 fully saturated rings. The van der Waals surface area contributed by atoms with E-state index in [9.17, 15) is 17.6 Å². The van der Waals surface area contributed by atoms with Gasteiger partial charge in [0.15, 0.2) is 0 Å². The summed E-state index contributed by atoms with van der Waals surface area (Å²) in [6.07, 6.45) is 0.886. The van der Waals surface area contributed by atoms with Gasteiger partial charge in [0.1, 0.15) is 5.82 Å². The Labute approximate surface area is 125 Å². The van der Waals surface area contributed by atoms with Gasteiger partial charge in [-0.3, -0.25) is 4.79 Å². The number of primary sulfonamides is 1. The normalized spacial score (nSPS) is 13.1. The minimum absolute atomic E-state index is 0.0852. The Morgan fingerprint density at radius 1 is 1.50 bits per heavy atom. The topological polar surface area (TPSA) is 89.3 Å². The molecule has 112 valence electrons. The monoisotopic (exact) mass is 366 g/mol. The van der Waals surface area contributed by atoms with Crippen LogP contribution in [0.3, 0.4) is 0 Å². The van der Waals surface area contributed by atoms with Gasteiger partial charge in [-0.25, -0.2) is 17.9 Å². The van der Waals surface area contributed by atoms with E-state index in [2.05, 4.69) is 21.2 Å². The number of rotatable bonds is 5. The van der Waals surface area contributed by atoms with Crippen LogP contribution in [0, 0.1) is 11.7 Å². The molecular formula is C12H16BrFN2O3S. The van der Waals surface area contributed by atoms with E-state index < -0.39 is 26.6 Å². The van der Waals surface area contributed by atoms with Crippen LogP contribution in [0.4, 0.5) is 4.39 Å². The lowest BCUT2D eigenvalue weighted by Gasteiger charge is -2.11. The number of amides is 1. The summed E-state index contributed by atoms with van der Waals surface area (Å²) in [7, 11) is -4.11. The second kappa shape index (κ2) is 6.64. The highest BCUT2D eigenvalue weighted by molar-refractivity contribution is 9.10. The van der Waals surface area contributed by atoms with Crippen LogP contribution in [0.5, 0.6) is 0 Å². The average molecular weight is 367 g/mol. The van der Waals surface area contributed by atoms with E-state index in [4.69, 9.17) is 5.14 Å². The molecule has 1 unspecified atom stereocenters.